The monoisotopic (exact) mass is 275 g/mol. The molecular weight excluding hydrogens is 254 g/mol. The number of nitrogens with one attached hydrogen (secondary N) is 1. The van der Waals surface area contributed by atoms with Crippen molar-refractivity contribution in [1.82, 2.24) is 5.32 Å². The molecule has 4 nitrogen and oxygen atoms in total. The highest BCUT2D eigenvalue weighted by molar-refractivity contribution is 5.82. The summed E-state index contributed by atoms with van der Waals surface area (Å²) in [6.45, 7) is 6.69. The Morgan fingerprint density at radius 1 is 1.35 bits per heavy atom. The summed E-state index contributed by atoms with van der Waals surface area (Å²) in [4.78, 5) is 11.6. The van der Waals surface area contributed by atoms with Gasteiger partial charge in [0.05, 0.1) is 6.61 Å². The number of hydrogen-bond donors (Lipinski definition) is 1. The average molecular weight is 275 g/mol. The van der Waals surface area contributed by atoms with Crippen LogP contribution in [0, 0.1) is 0 Å². The normalized spacial score (nSPS) is 12.6. The van der Waals surface area contributed by atoms with Crippen LogP contribution in [-0.4, -0.2) is 18.6 Å². The first kappa shape index (κ1) is 14.6. The van der Waals surface area contributed by atoms with Crippen molar-refractivity contribution in [2.24, 2.45) is 0 Å². The zero-order valence-electron chi connectivity index (χ0n) is 12.2. The first-order valence-electron chi connectivity index (χ1n) is 7.06. The van der Waals surface area contributed by atoms with E-state index in [4.69, 9.17) is 9.15 Å². The summed E-state index contributed by atoms with van der Waals surface area (Å²) < 4.78 is 10.8. The molecule has 4 heteroatoms. The number of fused-ring (bicyclic) bond motifs is 1. The standard InChI is InChI=1S/C16H21NO3/c1-4-14-13(10-17-11(3)16(18)19-5-2)12-8-6-7-9-15(12)20-14/h6-9,11,17H,4-5,10H2,1-3H3. The minimum atomic E-state index is -0.326. The van der Waals surface area contributed by atoms with Crippen molar-refractivity contribution < 1.29 is 13.9 Å². The fraction of sp³-hybridized carbons (Fsp3) is 0.438. The molecule has 0 bridgehead atoms. The summed E-state index contributed by atoms with van der Waals surface area (Å²) in [6.07, 6.45) is 0.833. The molecule has 0 fully saturated rings. The molecule has 0 aliphatic heterocycles. The van der Waals surface area contributed by atoms with Gasteiger partial charge < -0.3 is 14.5 Å². The molecule has 0 radical (unpaired) electrons. The zero-order chi connectivity index (χ0) is 14.5. The molecule has 0 amide bonds. The SMILES string of the molecule is CCOC(=O)C(C)NCc1c(CC)oc2ccccc12. The van der Waals surface area contributed by atoms with Crippen molar-refractivity contribution in [2.45, 2.75) is 39.8 Å². The van der Waals surface area contributed by atoms with Crippen LogP contribution in [0.1, 0.15) is 32.1 Å². The molecule has 1 aromatic carbocycles. The number of carbonyl (C=O) groups is 1. The Morgan fingerprint density at radius 2 is 2.10 bits per heavy atom. The third-order valence-corrected chi connectivity index (χ3v) is 3.33. The van der Waals surface area contributed by atoms with Crippen molar-refractivity contribution in [3.8, 4) is 0 Å². The Kier molecular flexibility index (Phi) is 4.79. The van der Waals surface area contributed by atoms with Gasteiger partial charge in [0.15, 0.2) is 0 Å². The molecule has 2 aromatic rings. The Morgan fingerprint density at radius 3 is 2.80 bits per heavy atom. The number of aryl methyl sites for hydroxylation is 1. The van der Waals surface area contributed by atoms with E-state index in [0.717, 1.165) is 28.7 Å². The number of para-hydroxylation sites is 1. The minimum absolute atomic E-state index is 0.224. The van der Waals surface area contributed by atoms with Crippen LogP contribution in [0.15, 0.2) is 28.7 Å². The lowest BCUT2D eigenvalue weighted by atomic mass is 10.1. The van der Waals surface area contributed by atoms with Gasteiger partial charge in [0.25, 0.3) is 0 Å². The van der Waals surface area contributed by atoms with Crippen LogP contribution in [0.25, 0.3) is 11.0 Å². The molecular formula is C16H21NO3. The molecule has 1 N–H and O–H groups in total. The van der Waals surface area contributed by atoms with Gasteiger partial charge >= 0.3 is 5.97 Å². The second kappa shape index (κ2) is 6.57. The molecule has 0 saturated carbocycles. The van der Waals surface area contributed by atoms with E-state index in [1.165, 1.54) is 0 Å². The molecule has 0 aliphatic carbocycles. The van der Waals surface area contributed by atoms with Crippen molar-refractivity contribution in [2.75, 3.05) is 6.61 Å². The fourth-order valence-electron chi connectivity index (χ4n) is 2.23. The molecule has 1 heterocycles. The van der Waals surface area contributed by atoms with E-state index in [0.29, 0.717) is 13.2 Å². The van der Waals surface area contributed by atoms with Crippen LogP contribution in [0.4, 0.5) is 0 Å². The van der Waals surface area contributed by atoms with Gasteiger partial charge in [-0.3, -0.25) is 4.79 Å². The maximum atomic E-state index is 11.6. The van der Waals surface area contributed by atoms with Crippen LogP contribution in [0.5, 0.6) is 0 Å². The smallest absolute Gasteiger partial charge is 0.322 e. The van der Waals surface area contributed by atoms with Crippen molar-refractivity contribution in [1.29, 1.82) is 0 Å². The second-order valence-corrected chi connectivity index (χ2v) is 4.71. The summed E-state index contributed by atoms with van der Waals surface area (Å²) in [5.41, 5.74) is 2.02. The Balaban J connectivity index is 2.14. The molecule has 0 aliphatic rings. The number of ether oxygens (including phenoxy) is 1. The van der Waals surface area contributed by atoms with E-state index < -0.39 is 0 Å². The number of esters is 1. The second-order valence-electron chi connectivity index (χ2n) is 4.71. The summed E-state index contributed by atoms with van der Waals surface area (Å²) in [6, 6.07) is 7.64. The minimum Gasteiger partial charge on any atom is -0.465 e. The Hall–Kier alpha value is -1.81. The van der Waals surface area contributed by atoms with Crippen LogP contribution in [0.2, 0.25) is 0 Å². The van der Waals surface area contributed by atoms with Gasteiger partial charge in [-0.15, -0.1) is 0 Å². The number of furan rings is 1. The Labute approximate surface area is 119 Å². The maximum absolute atomic E-state index is 11.6. The van der Waals surface area contributed by atoms with E-state index in [1.54, 1.807) is 0 Å². The van der Waals surface area contributed by atoms with Crippen molar-refractivity contribution in [3.05, 3.63) is 35.6 Å². The van der Waals surface area contributed by atoms with E-state index >= 15 is 0 Å². The third kappa shape index (κ3) is 3.02. The van der Waals surface area contributed by atoms with Crippen molar-refractivity contribution in [3.63, 3.8) is 0 Å². The number of rotatable bonds is 6. The quantitative estimate of drug-likeness (QED) is 0.823. The van der Waals surface area contributed by atoms with Crippen LogP contribution in [-0.2, 0) is 22.5 Å². The summed E-state index contributed by atoms with van der Waals surface area (Å²) in [5.74, 6) is 0.744. The highest BCUT2D eigenvalue weighted by Gasteiger charge is 2.16. The van der Waals surface area contributed by atoms with Gasteiger partial charge in [0, 0.05) is 23.9 Å². The van der Waals surface area contributed by atoms with Gasteiger partial charge in [0.2, 0.25) is 0 Å². The summed E-state index contributed by atoms with van der Waals surface area (Å²) >= 11 is 0. The molecule has 20 heavy (non-hydrogen) atoms. The summed E-state index contributed by atoms with van der Waals surface area (Å²) in [5, 5.41) is 4.31. The van der Waals surface area contributed by atoms with Crippen LogP contribution < -0.4 is 5.32 Å². The molecule has 2 rings (SSSR count). The lowest BCUT2D eigenvalue weighted by molar-refractivity contribution is -0.145. The zero-order valence-corrected chi connectivity index (χ0v) is 12.2. The van der Waals surface area contributed by atoms with Gasteiger partial charge in [-0.25, -0.2) is 0 Å². The van der Waals surface area contributed by atoms with E-state index in [9.17, 15) is 4.79 Å². The molecule has 1 atom stereocenters. The average Bonchev–Trinajstić information content (AvgIpc) is 2.82. The highest BCUT2D eigenvalue weighted by Crippen LogP contribution is 2.26. The lowest BCUT2D eigenvalue weighted by Gasteiger charge is -2.12. The fourth-order valence-corrected chi connectivity index (χ4v) is 2.23. The first-order valence-corrected chi connectivity index (χ1v) is 7.06. The third-order valence-electron chi connectivity index (χ3n) is 3.33. The topological polar surface area (TPSA) is 51.5 Å². The van der Waals surface area contributed by atoms with E-state index in [-0.39, 0.29) is 12.0 Å². The van der Waals surface area contributed by atoms with E-state index in [1.807, 2.05) is 38.1 Å². The van der Waals surface area contributed by atoms with Crippen LogP contribution in [0.3, 0.4) is 0 Å². The number of hydrogen-bond acceptors (Lipinski definition) is 4. The maximum Gasteiger partial charge on any atom is 0.322 e. The number of carbonyl (C=O) groups excluding carboxylic acids is 1. The molecule has 0 saturated heterocycles. The first-order chi connectivity index (χ1) is 9.67. The lowest BCUT2D eigenvalue weighted by Crippen LogP contribution is -2.35. The molecule has 0 spiro atoms. The highest BCUT2D eigenvalue weighted by atomic mass is 16.5. The van der Waals surface area contributed by atoms with Crippen molar-refractivity contribution >= 4 is 16.9 Å². The largest absolute Gasteiger partial charge is 0.465 e. The molecule has 1 unspecified atom stereocenters. The van der Waals surface area contributed by atoms with Gasteiger partial charge in [-0.1, -0.05) is 25.1 Å². The van der Waals surface area contributed by atoms with Gasteiger partial charge in [0.1, 0.15) is 17.4 Å². The van der Waals surface area contributed by atoms with Gasteiger partial charge in [-0.05, 0) is 19.9 Å². The number of benzene rings is 1. The Bertz CT molecular complexity index is 588. The molecule has 108 valence electrons. The van der Waals surface area contributed by atoms with E-state index in [2.05, 4.69) is 12.2 Å². The van der Waals surface area contributed by atoms with Gasteiger partial charge in [-0.2, -0.15) is 0 Å². The van der Waals surface area contributed by atoms with Crippen LogP contribution >= 0.6 is 0 Å². The predicted molar refractivity (Wildman–Crippen MR) is 78.5 cm³/mol. The predicted octanol–water partition coefficient (Wildman–Crippen LogP) is 3.04. The molecule has 1 aromatic heterocycles. The summed E-state index contributed by atoms with van der Waals surface area (Å²) in [7, 11) is 0.